The summed E-state index contributed by atoms with van der Waals surface area (Å²) < 4.78 is 51.5. The second-order valence-electron chi connectivity index (χ2n) is 10.7. The van der Waals surface area contributed by atoms with Gasteiger partial charge in [0.05, 0.1) is 59.0 Å². The van der Waals surface area contributed by atoms with Crippen molar-refractivity contribution < 1.29 is 47.2 Å². The number of hydrogen-bond acceptors (Lipinski definition) is 11. The van der Waals surface area contributed by atoms with Gasteiger partial charge in [0, 0.05) is 42.4 Å². The molecule has 0 bridgehead atoms. The van der Waals surface area contributed by atoms with Crippen molar-refractivity contribution in [2.45, 2.75) is 5.60 Å². The van der Waals surface area contributed by atoms with Crippen LogP contribution in [0.25, 0.3) is 0 Å². The lowest BCUT2D eigenvalue weighted by molar-refractivity contribution is -0.393. The number of carbonyl (C=O) groups excluding carboxylic acids is 2. The van der Waals surface area contributed by atoms with Crippen molar-refractivity contribution in [3.05, 3.63) is 132 Å². The zero-order chi connectivity index (χ0) is 34.7. The second-order valence-corrected chi connectivity index (χ2v) is 10.7. The number of non-ortho nitro benzene ring substituents is 1. The number of rotatable bonds is 13. The average Bonchev–Trinajstić information content (AvgIpc) is 3.37. The molecule has 2 heterocycles. The molecule has 0 fully saturated rings. The van der Waals surface area contributed by atoms with E-state index in [-0.39, 0.29) is 84.5 Å². The maximum atomic E-state index is 14.4. The van der Waals surface area contributed by atoms with E-state index in [1.54, 1.807) is 0 Å². The number of ether oxygens (including phenoxy) is 4. The molecule has 2 aliphatic rings. The summed E-state index contributed by atoms with van der Waals surface area (Å²) in [5, 5.41) is 27.6. The predicted molar refractivity (Wildman–Crippen MR) is 164 cm³/mol. The van der Waals surface area contributed by atoms with Crippen LogP contribution in [0.4, 0.5) is 25.8 Å². The number of anilines is 1. The van der Waals surface area contributed by atoms with Crippen molar-refractivity contribution in [1.82, 2.24) is 5.32 Å². The average molecular weight is 675 g/mol. The summed E-state index contributed by atoms with van der Waals surface area (Å²) >= 11 is 0. The maximum Gasteiger partial charge on any atom is 0.340 e. The minimum Gasteiger partial charge on any atom is -0.456 e. The predicted octanol–water partition coefficient (Wildman–Crippen LogP) is 4.82. The molecule has 4 aromatic rings. The van der Waals surface area contributed by atoms with Gasteiger partial charge < -0.3 is 29.6 Å². The van der Waals surface area contributed by atoms with E-state index in [4.69, 9.17) is 18.9 Å². The van der Waals surface area contributed by atoms with Gasteiger partial charge in [0.1, 0.15) is 28.8 Å². The van der Waals surface area contributed by atoms with E-state index in [9.17, 15) is 38.6 Å². The lowest BCUT2D eigenvalue weighted by Crippen LogP contribution is -2.34. The lowest BCUT2D eigenvalue weighted by atomic mass is 9.77. The molecule has 0 unspecified atom stereocenters. The first-order valence-electron chi connectivity index (χ1n) is 14.7. The monoisotopic (exact) mass is 674 g/mol. The van der Waals surface area contributed by atoms with Gasteiger partial charge in [-0.15, -0.1) is 0 Å². The minimum absolute atomic E-state index is 0.102. The van der Waals surface area contributed by atoms with E-state index in [0.717, 1.165) is 24.3 Å². The Kier molecular flexibility index (Phi) is 9.15. The van der Waals surface area contributed by atoms with Gasteiger partial charge in [0.15, 0.2) is 5.60 Å². The lowest BCUT2D eigenvalue weighted by Gasteiger charge is -2.36. The van der Waals surface area contributed by atoms with E-state index < -0.39 is 50.3 Å². The molecule has 0 aromatic heterocycles. The largest absolute Gasteiger partial charge is 0.456 e. The number of esters is 1. The molecule has 2 radical (unpaired) electrons. The van der Waals surface area contributed by atoms with Crippen molar-refractivity contribution in [3.63, 3.8) is 0 Å². The molecule has 0 atom stereocenters. The third kappa shape index (κ3) is 6.46. The fourth-order valence-electron chi connectivity index (χ4n) is 5.54. The van der Waals surface area contributed by atoms with Crippen LogP contribution in [0.1, 0.15) is 37.4 Å². The first kappa shape index (κ1) is 32.9. The summed E-state index contributed by atoms with van der Waals surface area (Å²) in [4.78, 5) is 46.8. The highest BCUT2D eigenvalue weighted by atomic mass is 19.1. The molecule has 6 rings (SSSR count). The van der Waals surface area contributed by atoms with Gasteiger partial charge >= 0.3 is 5.97 Å². The van der Waals surface area contributed by atoms with Gasteiger partial charge in [-0.1, -0.05) is 0 Å². The quantitative estimate of drug-likeness (QED) is 0.0858. The molecule has 16 heteroatoms. The number of nitro groups is 2. The number of halogens is 2. The Morgan fingerprint density at radius 2 is 1.49 bits per heavy atom. The van der Waals surface area contributed by atoms with Crippen LogP contribution in [0, 0.1) is 44.0 Å². The highest BCUT2D eigenvalue weighted by Crippen LogP contribution is 2.56. The van der Waals surface area contributed by atoms with Crippen LogP contribution in [0.15, 0.2) is 60.7 Å². The van der Waals surface area contributed by atoms with Crippen molar-refractivity contribution in [2.24, 2.45) is 0 Å². The van der Waals surface area contributed by atoms with Crippen molar-refractivity contribution in [2.75, 3.05) is 44.8 Å². The highest BCUT2D eigenvalue weighted by Gasteiger charge is 2.54. The molecule has 250 valence electrons. The summed E-state index contributed by atoms with van der Waals surface area (Å²) in [5.74, 6) is -2.51. The van der Waals surface area contributed by atoms with Gasteiger partial charge in [-0.05, 0) is 48.5 Å². The molecule has 2 N–H and O–H groups in total. The second kappa shape index (κ2) is 13.6. The summed E-state index contributed by atoms with van der Waals surface area (Å²) in [6.07, 6.45) is 0. The fourth-order valence-corrected chi connectivity index (χ4v) is 5.54. The van der Waals surface area contributed by atoms with Gasteiger partial charge in [-0.25, -0.2) is 13.6 Å². The number of nitrogens with zero attached hydrogens (tertiary/aromatic N) is 2. The molecular formula is C33H24F2N4O10. The molecule has 0 saturated carbocycles. The van der Waals surface area contributed by atoms with Gasteiger partial charge in [0.25, 0.3) is 17.3 Å². The molecule has 14 nitrogen and oxygen atoms in total. The number of benzene rings is 4. The van der Waals surface area contributed by atoms with E-state index >= 15 is 0 Å². The molecule has 0 aliphatic carbocycles. The third-order valence-electron chi connectivity index (χ3n) is 7.72. The fraction of sp³-hybridized carbons (Fsp3) is 0.212. The zero-order valence-electron chi connectivity index (χ0n) is 25.2. The Hall–Kier alpha value is -6.00. The normalized spacial score (nSPS) is 13.5. The standard InChI is InChI=1S/C33H24F2N4O10/c34-20-2-7-29-25(16-20)33(26-17-21(35)3-8-30(26)48-29)24-15-19(1-5-23(24)32(41)49-33)31(40)37-10-12-47-14-13-46-11-9-36-27-6-4-22(38(42)43)18-28(27)39(44)45/h1,4-8,15-18,36H,9-14H2,(H,37,40). The van der Waals surface area contributed by atoms with Crippen molar-refractivity contribution >= 4 is 28.9 Å². The number of amides is 1. The third-order valence-corrected chi connectivity index (χ3v) is 7.72. The Morgan fingerprint density at radius 3 is 2.12 bits per heavy atom. The van der Waals surface area contributed by atoms with Crippen LogP contribution >= 0.6 is 0 Å². The molecule has 1 amide bonds. The maximum absolute atomic E-state index is 14.4. The van der Waals surface area contributed by atoms with Crippen LogP contribution in [0.5, 0.6) is 11.5 Å². The topological polar surface area (TPSA) is 181 Å². The first-order valence-corrected chi connectivity index (χ1v) is 14.7. The Balaban J connectivity index is 1.02. The molecular weight excluding hydrogens is 650 g/mol. The zero-order valence-corrected chi connectivity index (χ0v) is 25.2. The van der Waals surface area contributed by atoms with Crippen molar-refractivity contribution in [3.8, 4) is 11.5 Å². The number of hydrogen-bond donors (Lipinski definition) is 2. The Morgan fingerprint density at radius 1 is 0.837 bits per heavy atom. The van der Waals surface area contributed by atoms with E-state index in [2.05, 4.69) is 22.8 Å². The Bertz CT molecular complexity index is 1940. The van der Waals surface area contributed by atoms with Gasteiger partial charge in [-0.2, -0.15) is 0 Å². The van der Waals surface area contributed by atoms with Gasteiger partial charge in [0.2, 0.25) is 0 Å². The molecule has 4 aromatic carbocycles. The summed E-state index contributed by atoms with van der Waals surface area (Å²) in [6.45, 7) is 0.959. The van der Waals surface area contributed by atoms with E-state index in [0.29, 0.717) is 0 Å². The summed E-state index contributed by atoms with van der Waals surface area (Å²) in [7, 11) is 0. The van der Waals surface area contributed by atoms with Crippen LogP contribution < -0.4 is 15.4 Å². The van der Waals surface area contributed by atoms with Crippen LogP contribution in [0.2, 0.25) is 0 Å². The SMILES string of the molecule is O=C(NCCOCCOCCNc1ccc([N+](=O)[O-])cc1[N+](=O)[O-])c1ccc2c(c1)C1(OC2=O)c2cc(F)[c]cc2Oc2c[c]c(F)cc21. The Labute approximate surface area is 275 Å². The minimum atomic E-state index is -1.80. The number of nitro benzene ring substituents is 2. The van der Waals surface area contributed by atoms with E-state index in [1.807, 2.05) is 0 Å². The van der Waals surface area contributed by atoms with Gasteiger partial charge in [-0.3, -0.25) is 25.0 Å². The van der Waals surface area contributed by atoms with E-state index in [1.165, 1.54) is 36.4 Å². The van der Waals surface area contributed by atoms with Crippen LogP contribution in [0.3, 0.4) is 0 Å². The summed E-state index contributed by atoms with van der Waals surface area (Å²) in [6, 6.07) is 17.0. The smallest absolute Gasteiger partial charge is 0.340 e. The molecule has 2 aliphatic heterocycles. The molecule has 49 heavy (non-hydrogen) atoms. The summed E-state index contributed by atoms with van der Waals surface area (Å²) in [5.41, 5.74) is -1.83. The van der Waals surface area contributed by atoms with Crippen molar-refractivity contribution in [1.29, 1.82) is 0 Å². The first-order chi connectivity index (χ1) is 23.6. The van der Waals surface area contributed by atoms with Crippen LogP contribution in [-0.2, 0) is 19.8 Å². The molecule has 0 saturated heterocycles. The number of nitrogens with one attached hydrogen (secondary N) is 2. The highest BCUT2D eigenvalue weighted by molar-refractivity contribution is 6.00. The number of carbonyl (C=O) groups is 2. The number of fused-ring (bicyclic) bond motifs is 6. The van der Waals surface area contributed by atoms with Crippen LogP contribution in [-0.4, -0.2) is 61.2 Å². The molecule has 1 spiro atoms.